The van der Waals surface area contributed by atoms with Crippen LogP contribution >= 0.6 is 0 Å². The maximum atomic E-state index is 5.65. The molecule has 0 amide bonds. The highest BCUT2D eigenvalue weighted by atomic mass is 16.4. The van der Waals surface area contributed by atoms with Crippen LogP contribution in [0, 0.1) is 0 Å². The smallest absolute Gasteiger partial charge is 0.320 e. The van der Waals surface area contributed by atoms with Gasteiger partial charge in [0.25, 0.3) is 0 Å². The minimum Gasteiger partial charge on any atom is -0.408 e. The van der Waals surface area contributed by atoms with Crippen molar-refractivity contribution in [2.45, 2.75) is 25.2 Å². The van der Waals surface area contributed by atoms with E-state index in [0.29, 0.717) is 11.9 Å². The van der Waals surface area contributed by atoms with Gasteiger partial charge in [0.1, 0.15) is 0 Å². The van der Waals surface area contributed by atoms with E-state index in [1.165, 1.54) is 6.42 Å². The molecule has 5 heteroatoms. The molecule has 1 aliphatic rings. The molecule has 3 aromatic rings. The van der Waals surface area contributed by atoms with Gasteiger partial charge in [0.15, 0.2) is 0 Å². The van der Waals surface area contributed by atoms with Crippen molar-refractivity contribution < 1.29 is 4.42 Å². The van der Waals surface area contributed by atoms with Gasteiger partial charge < -0.3 is 9.73 Å². The third kappa shape index (κ3) is 2.57. The van der Waals surface area contributed by atoms with Crippen molar-refractivity contribution in [2.24, 2.45) is 0 Å². The third-order valence-electron chi connectivity index (χ3n) is 3.98. The van der Waals surface area contributed by atoms with Crippen LogP contribution in [0.15, 0.2) is 53.1 Å². The van der Waals surface area contributed by atoms with Gasteiger partial charge in [-0.05, 0) is 25.0 Å². The second kappa shape index (κ2) is 5.60. The molecule has 4 rings (SSSR count). The van der Waals surface area contributed by atoms with Crippen LogP contribution in [0.25, 0.3) is 11.3 Å². The molecule has 22 heavy (non-hydrogen) atoms. The molecule has 1 aromatic carbocycles. The number of rotatable bonds is 4. The lowest BCUT2D eigenvalue weighted by molar-refractivity contribution is 0.339. The van der Waals surface area contributed by atoms with Crippen LogP contribution in [0.4, 0.5) is 11.7 Å². The molecule has 1 saturated carbocycles. The zero-order chi connectivity index (χ0) is 14.8. The van der Waals surface area contributed by atoms with E-state index < -0.39 is 0 Å². The standard InChI is InChI=1S/C17H16N4O/c1-2-5-12(6-3-1)15-10-9-14(11-18-15)19-17-21-20-16(22-17)13-7-4-8-13/h1-3,5-6,9-11,13H,4,7-8H2,(H,19,21). The number of nitrogens with zero attached hydrogens (tertiary/aromatic N) is 3. The average Bonchev–Trinajstić information content (AvgIpc) is 2.95. The molecule has 0 spiro atoms. The lowest BCUT2D eigenvalue weighted by Crippen LogP contribution is -2.08. The first kappa shape index (κ1) is 13.0. The van der Waals surface area contributed by atoms with Crippen molar-refractivity contribution in [3.8, 4) is 11.3 Å². The van der Waals surface area contributed by atoms with Crippen molar-refractivity contribution >= 4 is 11.7 Å². The monoisotopic (exact) mass is 292 g/mol. The minimum atomic E-state index is 0.427. The van der Waals surface area contributed by atoms with Crippen molar-refractivity contribution in [1.82, 2.24) is 15.2 Å². The molecule has 1 fully saturated rings. The lowest BCUT2D eigenvalue weighted by atomic mass is 9.85. The molecule has 0 bridgehead atoms. The highest BCUT2D eigenvalue weighted by Crippen LogP contribution is 2.36. The summed E-state index contributed by atoms with van der Waals surface area (Å²) in [6, 6.07) is 14.4. The SMILES string of the molecule is c1ccc(-c2ccc(Nc3nnc(C4CCC4)o3)cn2)cc1. The highest BCUT2D eigenvalue weighted by molar-refractivity contribution is 5.62. The summed E-state index contributed by atoms with van der Waals surface area (Å²) in [6.45, 7) is 0. The van der Waals surface area contributed by atoms with Crippen molar-refractivity contribution in [1.29, 1.82) is 0 Å². The molecule has 0 radical (unpaired) electrons. The van der Waals surface area contributed by atoms with Gasteiger partial charge in [-0.1, -0.05) is 41.9 Å². The Morgan fingerprint density at radius 1 is 1.00 bits per heavy atom. The first-order valence-electron chi connectivity index (χ1n) is 7.50. The Kier molecular flexibility index (Phi) is 3.31. The number of pyridine rings is 1. The maximum Gasteiger partial charge on any atom is 0.320 e. The van der Waals surface area contributed by atoms with Crippen LogP contribution in [0.5, 0.6) is 0 Å². The second-order valence-corrected chi connectivity index (χ2v) is 5.50. The van der Waals surface area contributed by atoms with Gasteiger partial charge in [0.05, 0.1) is 17.6 Å². The molecular formula is C17H16N4O. The van der Waals surface area contributed by atoms with Crippen LogP contribution in [0.2, 0.25) is 0 Å². The Bertz CT molecular complexity index is 748. The quantitative estimate of drug-likeness (QED) is 0.782. The zero-order valence-electron chi connectivity index (χ0n) is 12.1. The van der Waals surface area contributed by atoms with Gasteiger partial charge in [0.2, 0.25) is 5.89 Å². The second-order valence-electron chi connectivity index (χ2n) is 5.50. The van der Waals surface area contributed by atoms with Crippen molar-refractivity contribution in [3.05, 3.63) is 54.6 Å². The van der Waals surface area contributed by atoms with Gasteiger partial charge in [-0.2, -0.15) is 0 Å². The Morgan fingerprint density at radius 2 is 1.86 bits per heavy atom. The normalized spacial score (nSPS) is 14.5. The van der Waals surface area contributed by atoms with E-state index in [-0.39, 0.29) is 0 Å². The fraction of sp³-hybridized carbons (Fsp3) is 0.235. The number of aromatic nitrogens is 3. The topological polar surface area (TPSA) is 63.8 Å². The van der Waals surface area contributed by atoms with E-state index in [4.69, 9.17) is 4.42 Å². The third-order valence-corrected chi connectivity index (χ3v) is 3.98. The Hall–Kier alpha value is -2.69. The molecule has 110 valence electrons. The molecule has 1 N–H and O–H groups in total. The molecule has 0 atom stereocenters. The van der Waals surface area contributed by atoms with E-state index >= 15 is 0 Å². The van der Waals surface area contributed by atoms with E-state index in [1.54, 1.807) is 6.20 Å². The summed E-state index contributed by atoms with van der Waals surface area (Å²) >= 11 is 0. The number of benzene rings is 1. The number of hydrogen-bond donors (Lipinski definition) is 1. The first-order chi connectivity index (χ1) is 10.9. The fourth-order valence-corrected chi connectivity index (χ4v) is 2.48. The number of hydrogen-bond acceptors (Lipinski definition) is 5. The van der Waals surface area contributed by atoms with Gasteiger partial charge in [0, 0.05) is 11.5 Å². The zero-order valence-corrected chi connectivity index (χ0v) is 12.1. The van der Waals surface area contributed by atoms with E-state index in [1.807, 2.05) is 42.5 Å². The Morgan fingerprint density at radius 3 is 2.55 bits per heavy atom. The number of nitrogens with one attached hydrogen (secondary N) is 1. The van der Waals surface area contributed by atoms with E-state index in [0.717, 1.165) is 35.7 Å². The van der Waals surface area contributed by atoms with Crippen molar-refractivity contribution in [3.63, 3.8) is 0 Å². The summed E-state index contributed by atoms with van der Waals surface area (Å²) < 4.78 is 5.65. The molecule has 0 unspecified atom stereocenters. The molecule has 0 aliphatic heterocycles. The van der Waals surface area contributed by atoms with Crippen LogP contribution in [0.1, 0.15) is 31.1 Å². The average molecular weight is 292 g/mol. The van der Waals surface area contributed by atoms with Gasteiger partial charge in [-0.25, -0.2) is 0 Å². The number of anilines is 2. The summed E-state index contributed by atoms with van der Waals surface area (Å²) in [5, 5.41) is 11.2. The van der Waals surface area contributed by atoms with Crippen LogP contribution in [-0.4, -0.2) is 15.2 Å². The molecule has 1 aliphatic carbocycles. The van der Waals surface area contributed by atoms with Gasteiger partial charge in [-0.15, -0.1) is 5.10 Å². The molecule has 2 heterocycles. The van der Waals surface area contributed by atoms with Crippen LogP contribution in [-0.2, 0) is 0 Å². The Balaban J connectivity index is 1.48. The minimum absolute atomic E-state index is 0.427. The fourth-order valence-electron chi connectivity index (χ4n) is 2.48. The summed E-state index contributed by atoms with van der Waals surface area (Å²) in [4.78, 5) is 4.46. The van der Waals surface area contributed by atoms with Gasteiger partial charge in [-0.3, -0.25) is 4.98 Å². The lowest BCUT2D eigenvalue weighted by Gasteiger charge is -2.20. The van der Waals surface area contributed by atoms with E-state index in [9.17, 15) is 0 Å². The summed E-state index contributed by atoms with van der Waals surface area (Å²) in [6.07, 6.45) is 5.32. The molecule has 2 aromatic heterocycles. The predicted octanol–water partition coefficient (Wildman–Crippen LogP) is 4.14. The molecule has 5 nitrogen and oxygen atoms in total. The van der Waals surface area contributed by atoms with Crippen molar-refractivity contribution in [2.75, 3.05) is 5.32 Å². The molecule has 0 saturated heterocycles. The summed E-state index contributed by atoms with van der Waals surface area (Å²) in [5.74, 6) is 1.18. The maximum absolute atomic E-state index is 5.65. The van der Waals surface area contributed by atoms with Crippen LogP contribution in [0.3, 0.4) is 0 Å². The highest BCUT2D eigenvalue weighted by Gasteiger charge is 2.25. The summed E-state index contributed by atoms with van der Waals surface area (Å²) in [7, 11) is 0. The van der Waals surface area contributed by atoms with Crippen LogP contribution < -0.4 is 5.32 Å². The largest absolute Gasteiger partial charge is 0.408 e. The van der Waals surface area contributed by atoms with Gasteiger partial charge >= 0.3 is 6.01 Å². The summed E-state index contributed by atoms with van der Waals surface area (Å²) in [5.41, 5.74) is 2.87. The molecular weight excluding hydrogens is 276 g/mol. The van der Waals surface area contributed by atoms with E-state index in [2.05, 4.69) is 20.5 Å². The predicted molar refractivity (Wildman–Crippen MR) is 83.8 cm³/mol. The Labute approximate surface area is 128 Å². The first-order valence-corrected chi connectivity index (χ1v) is 7.50.